The summed E-state index contributed by atoms with van der Waals surface area (Å²) in [7, 11) is 2.68. The number of ether oxygens (including phenoxy) is 2. The molecule has 4 unspecified atom stereocenters. The first kappa shape index (κ1) is 40.6. The molecule has 5 aromatic rings. The maximum Gasteiger partial charge on any atom is 0.255 e. The number of nitrogens with zero attached hydrogens (tertiary/aromatic N) is 8. The van der Waals surface area contributed by atoms with Gasteiger partial charge in [-0.15, -0.1) is 10.2 Å². The zero-order chi connectivity index (χ0) is 41.4. The van der Waals surface area contributed by atoms with Crippen molar-refractivity contribution < 1.29 is 58.5 Å². The highest BCUT2D eigenvalue weighted by atomic mass is 19.1. The highest BCUT2D eigenvalue weighted by molar-refractivity contribution is 5.98. The van der Waals surface area contributed by atoms with E-state index in [-0.39, 0.29) is 22.5 Å². The van der Waals surface area contributed by atoms with E-state index in [2.05, 4.69) is 20.6 Å². The van der Waals surface area contributed by atoms with E-state index in [9.17, 15) is 49.0 Å². The van der Waals surface area contributed by atoms with Crippen LogP contribution in [0.2, 0.25) is 0 Å². The van der Waals surface area contributed by atoms with Crippen LogP contribution in [0.3, 0.4) is 0 Å². The van der Waals surface area contributed by atoms with Gasteiger partial charge in [0.15, 0.2) is 12.5 Å². The number of aliphatic hydroxyl groups is 6. The Bertz CT molecular complexity index is 2090. The number of halogens is 2. The zero-order valence-corrected chi connectivity index (χ0v) is 30.9. The molecule has 10 atom stereocenters. The monoisotopic (exact) mass is 806 g/mol. The fraction of sp³-hybridized carbons (Fsp3) is 0.368. The lowest BCUT2D eigenvalue weighted by molar-refractivity contribution is -0.235. The summed E-state index contributed by atoms with van der Waals surface area (Å²) >= 11 is 0. The van der Waals surface area contributed by atoms with E-state index in [0.29, 0.717) is 11.1 Å². The molecule has 2 aromatic heterocycles. The van der Waals surface area contributed by atoms with Gasteiger partial charge in [-0.25, -0.2) is 18.1 Å². The van der Waals surface area contributed by atoms with Gasteiger partial charge in [0.1, 0.15) is 71.7 Å². The molecule has 18 nitrogen and oxygen atoms in total. The number of carbonyl (C=O) groups excluding carboxylic acids is 2. The quantitative estimate of drug-likeness (QED) is 0.109. The van der Waals surface area contributed by atoms with E-state index in [1.165, 1.54) is 87.2 Å². The Balaban J connectivity index is 1.06. The highest BCUT2D eigenvalue weighted by Gasteiger charge is 2.50. The van der Waals surface area contributed by atoms with Gasteiger partial charge in [-0.1, -0.05) is 34.7 Å². The second-order valence-electron chi connectivity index (χ2n) is 14.0. The molecule has 0 bridgehead atoms. The van der Waals surface area contributed by atoms with Crippen molar-refractivity contribution in [3.8, 4) is 22.5 Å². The number of rotatable bonds is 10. The molecule has 306 valence electrons. The Morgan fingerprint density at radius 3 is 1.36 bits per heavy atom. The normalized spacial score (nSPS) is 27.3. The molecule has 20 heteroatoms. The second-order valence-corrected chi connectivity index (χ2v) is 14.0. The standard InChI is InChI=1S/C38H40F2N8O10/c1-45(37-33(53)29(31(51)27(17-49)57-37)47-15-25(41-43-47)21-5-3-7-23(39)13-21)35(55)19-9-11-20(12-10-19)36(56)46(2)38-34(54)30(32(52)28(18-50)58-38)48-16-26(42-44-48)22-6-4-8-24(40)14-22/h3-16,27-34,37-38,49-54H,17-18H2,1-2H3/t27?,28?,29-,30+,31-,32-,33?,34?,37+,38+/m0/s1. The molecule has 58 heavy (non-hydrogen) atoms. The van der Waals surface area contributed by atoms with E-state index < -0.39 is 97.8 Å². The van der Waals surface area contributed by atoms with Crippen LogP contribution in [0.5, 0.6) is 0 Å². The summed E-state index contributed by atoms with van der Waals surface area (Å²) in [5, 5.41) is 81.1. The molecule has 3 aromatic carbocycles. The lowest BCUT2D eigenvalue weighted by atomic mass is 9.94. The van der Waals surface area contributed by atoms with Crippen LogP contribution in [0, 0.1) is 11.6 Å². The Hall–Kier alpha value is -5.58. The summed E-state index contributed by atoms with van der Waals surface area (Å²) in [5.41, 5.74) is 1.40. The van der Waals surface area contributed by atoms with Crippen molar-refractivity contribution in [1.82, 2.24) is 39.8 Å². The van der Waals surface area contributed by atoms with Crippen molar-refractivity contribution in [2.24, 2.45) is 0 Å². The number of aliphatic hydroxyl groups excluding tert-OH is 6. The van der Waals surface area contributed by atoms with Crippen molar-refractivity contribution in [3.05, 3.63) is 108 Å². The van der Waals surface area contributed by atoms with Gasteiger partial charge in [0.05, 0.1) is 25.6 Å². The van der Waals surface area contributed by atoms with Gasteiger partial charge in [-0.3, -0.25) is 9.59 Å². The number of amides is 2. The molecule has 2 aliphatic rings. The molecule has 0 spiro atoms. The average Bonchev–Trinajstić information content (AvgIpc) is 3.92. The fourth-order valence-corrected chi connectivity index (χ4v) is 7.23. The molecule has 6 N–H and O–H groups in total. The van der Waals surface area contributed by atoms with Gasteiger partial charge >= 0.3 is 0 Å². The topological polar surface area (TPSA) is 242 Å². The SMILES string of the molecule is CN(C(=O)c1ccc(C(=O)N(C)[C@@H]2OC(CO)[C@H](O)[C@@H](n3cc(-c4cccc(F)c4)nn3)C2O)cc1)[C@@H]1OC(CO)[C@H](O)[C@H](n2cc(-c3cccc(F)c3)nn2)C1O. The molecule has 7 rings (SSSR count). The molecule has 0 radical (unpaired) electrons. The van der Waals surface area contributed by atoms with Crippen molar-refractivity contribution in [1.29, 1.82) is 0 Å². The van der Waals surface area contributed by atoms with E-state index in [0.717, 1.165) is 19.2 Å². The van der Waals surface area contributed by atoms with Gasteiger partial charge in [0.25, 0.3) is 11.8 Å². The van der Waals surface area contributed by atoms with Crippen molar-refractivity contribution >= 4 is 11.8 Å². The minimum Gasteiger partial charge on any atom is -0.394 e. The number of hydrogen-bond acceptors (Lipinski definition) is 14. The lowest BCUT2D eigenvalue weighted by Gasteiger charge is -2.45. The zero-order valence-electron chi connectivity index (χ0n) is 30.9. The van der Waals surface area contributed by atoms with Crippen LogP contribution < -0.4 is 0 Å². The predicted molar refractivity (Wildman–Crippen MR) is 195 cm³/mol. The summed E-state index contributed by atoms with van der Waals surface area (Å²) in [4.78, 5) is 29.6. The van der Waals surface area contributed by atoms with Gasteiger partial charge in [0.2, 0.25) is 0 Å². The van der Waals surface area contributed by atoms with Crippen LogP contribution in [-0.2, 0) is 9.47 Å². The van der Waals surface area contributed by atoms with Gasteiger partial charge in [-0.2, -0.15) is 0 Å². The number of likely N-dealkylation sites (N-methyl/N-ethyl adjacent to an activating group) is 2. The maximum absolute atomic E-state index is 13.9. The van der Waals surface area contributed by atoms with Crippen LogP contribution >= 0.6 is 0 Å². The highest BCUT2D eigenvalue weighted by Crippen LogP contribution is 2.34. The van der Waals surface area contributed by atoms with Crippen molar-refractivity contribution in [3.63, 3.8) is 0 Å². The van der Waals surface area contributed by atoms with Crippen molar-refractivity contribution in [2.75, 3.05) is 27.3 Å². The lowest BCUT2D eigenvalue weighted by Crippen LogP contribution is -2.61. The van der Waals surface area contributed by atoms with Crippen LogP contribution in [0.4, 0.5) is 8.78 Å². The van der Waals surface area contributed by atoms with Crippen LogP contribution in [-0.4, -0.2) is 159 Å². The molecule has 0 saturated carbocycles. The Morgan fingerprint density at radius 1 is 0.638 bits per heavy atom. The third kappa shape index (κ3) is 7.71. The minimum atomic E-state index is -1.60. The summed E-state index contributed by atoms with van der Waals surface area (Å²) < 4.78 is 41.6. The van der Waals surface area contributed by atoms with Gasteiger partial charge in [0, 0.05) is 36.3 Å². The van der Waals surface area contributed by atoms with Crippen LogP contribution in [0.15, 0.2) is 85.2 Å². The predicted octanol–water partition coefficient (Wildman–Crippen LogP) is -0.0136. The Labute approximate surface area is 328 Å². The number of benzene rings is 3. The van der Waals surface area contributed by atoms with Crippen LogP contribution in [0.1, 0.15) is 32.8 Å². The number of aromatic nitrogens is 6. The molecular weight excluding hydrogens is 766 g/mol. The minimum absolute atomic E-state index is 0.0626. The first-order valence-electron chi connectivity index (χ1n) is 18.1. The number of hydrogen-bond donors (Lipinski definition) is 6. The third-order valence-electron chi connectivity index (χ3n) is 10.4. The van der Waals surface area contributed by atoms with E-state index >= 15 is 0 Å². The second kappa shape index (κ2) is 16.7. The molecule has 0 aliphatic carbocycles. The summed E-state index contributed by atoms with van der Waals surface area (Å²) in [6.07, 6.45) is -8.72. The van der Waals surface area contributed by atoms with Gasteiger partial charge < -0.3 is 49.9 Å². The molecular formula is C38H40F2N8O10. The molecule has 4 heterocycles. The largest absolute Gasteiger partial charge is 0.394 e. The fourth-order valence-electron chi connectivity index (χ4n) is 7.23. The molecule has 2 fully saturated rings. The first-order chi connectivity index (χ1) is 27.8. The maximum atomic E-state index is 13.9. The third-order valence-corrected chi connectivity index (χ3v) is 10.4. The summed E-state index contributed by atoms with van der Waals surface area (Å²) in [6.45, 7) is -1.35. The van der Waals surface area contributed by atoms with Crippen molar-refractivity contribution in [2.45, 2.75) is 61.2 Å². The first-order valence-corrected chi connectivity index (χ1v) is 18.1. The molecule has 2 saturated heterocycles. The smallest absolute Gasteiger partial charge is 0.255 e. The number of carbonyl (C=O) groups is 2. The van der Waals surface area contributed by atoms with Gasteiger partial charge in [-0.05, 0) is 48.5 Å². The summed E-state index contributed by atoms with van der Waals surface area (Å²) in [5.74, 6) is -2.34. The van der Waals surface area contributed by atoms with E-state index in [1.807, 2.05) is 0 Å². The summed E-state index contributed by atoms with van der Waals surface area (Å²) in [6, 6.07) is 14.1. The average molecular weight is 807 g/mol. The van der Waals surface area contributed by atoms with E-state index in [1.54, 1.807) is 12.1 Å². The molecule has 2 aliphatic heterocycles. The van der Waals surface area contributed by atoms with Crippen LogP contribution in [0.25, 0.3) is 22.5 Å². The van der Waals surface area contributed by atoms with E-state index in [4.69, 9.17) is 9.47 Å². The molecule has 2 amide bonds. The Kier molecular flexibility index (Phi) is 11.7. The Morgan fingerprint density at radius 2 is 1.02 bits per heavy atom.